The van der Waals surface area contributed by atoms with Crippen molar-refractivity contribution in [2.45, 2.75) is 90.0 Å². The van der Waals surface area contributed by atoms with Crippen LogP contribution < -0.4 is 5.73 Å². The summed E-state index contributed by atoms with van der Waals surface area (Å²) in [7, 11) is 0. The van der Waals surface area contributed by atoms with E-state index >= 15 is 0 Å². The molecule has 0 spiro atoms. The molecule has 1 fully saturated rings. The van der Waals surface area contributed by atoms with Crippen LogP contribution in [0.25, 0.3) is 4.85 Å². The summed E-state index contributed by atoms with van der Waals surface area (Å²) in [6.45, 7) is 9.06. The van der Waals surface area contributed by atoms with Gasteiger partial charge in [0.2, 0.25) is 5.89 Å². The molecule has 4 rings (SSSR count). The molecule has 3 atom stereocenters. The fourth-order valence-electron chi connectivity index (χ4n) is 5.17. The van der Waals surface area contributed by atoms with Crippen LogP contribution in [0.1, 0.15) is 90.3 Å². The van der Waals surface area contributed by atoms with E-state index in [4.69, 9.17) is 10.3 Å². The van der Waals surface area contributed by atoms with Gasteiger partial charge in [0.15, 0.2) is 11.9 Å². The fourth-order valence-corrected chi connectivity index (χ4v) is 5.17. The summed E-state index contributed by atoms with van der Waals surface area (Å²) in [5, 5.41) is 14.2. The Hall–Kier alpha value is -3.28. The van der Waals surface area contributed by atoms with Gasteiger partial charge in [0, 0.05) is 36.7 Å². The molecule has 3 N–H and O–H groups in total. The van der Waals surface area contributed by atoms with Gasteiger partial charge in [0.25, 0.3) is 5.70 Å². The van der Waals surface area contributed by atoms with Gasteiger partial charge in [-0.1, -0.05) is 39.3 Å². The quantitative estimate of drug-likeness (QED) is 0.464. The van der Waals surface area contributed by atoms with E-state index in [1.807, 2.05) is 37.8 Å². The number of carboxylic acid groups (broad SMARTS) is 1. The van der Waals surface area contributed by atoms with Crippen LogP contribution in [0.2, 0.25) is 0 Å². The van der Waals surface area contributed by atoms with Crippen molar-refractivity contribution < 1.29 is 14.4 Å². The minimum atomic E-state index is -0.901. The Morgan fingerprint density at radius 2 is 2.22 bits per heavy atom. The minimum Gasteiger partial charge on any atom is -0.465 e. The molecule has 1 saturated carbocycles. The number of allylic oxidation sites excluding steroid dienone is 3. The molecule has 0 aromatic carbocycles. The summed E-state index contributed by atoms with van der Waals surface area (Å²) in [5.74, 6) is 1.34. The molecule has 9 heteroatoms. The molecule has 2 aliphatic carbocycles. The highest BCUT2D eigenvalue weighted by atomic mass is 16.5. The van der Waals surface area contributed by atoms with Crippen LogP contribution in [0.15, 0.2) is 39.8 Å². The number of nitrogens with zero attached hydrogens (tertiary/aromatic N) is 5. The summed E-state index contributed by atoms with van der Waals surface area (Å²) in [4.78, 5) is 24.9. The maximum absolute atomic E-state index is 12.2. The van der Waals surface area contributed by atoms with Crippen LogP contribution in [0, 0.1) is 12.1 Å². The Labute approximate surface area is 213 Å². The second-order valence-electron chi connectivity index (χ2n) is 11.3. The van der Waals surface area contributed by atoms with Crippen LogP contribution >= 0.6 is 0 Å². The van der Waals surface area contributed by atoms with Gasteiger partial charge in [-0.15, -0.1) is 0 Å². The average molecular weight is 496 g/mol. The van der Waals surface area contributed by atoms with E-state index in [2.05, 4.69) is 34.3 Å². The smallest absolute Gasteiger partial charge is 0.407 e. The third-order valence-electron chi connectivity index (χ3n) is 7.14. The number of nitrogens with two attached hydrogens (primary N) is 1. The molecular weight excluding hydrogens is 456 g/mol. The van der Waals surface area contributed by atoms with Crippen LogP contribution in [-0.2, 0) is 5.41 Å². The lowest BCUT2D eigenvalue weighted by Crippen LogP contribution is -2.38. The summed E-state index contributed by atoms with van der Waals surface area (Å²) in [5.41, 5.74) is 8.97. The molecule has 1 aromatic heterocycles. The molecule has 1 aromatic rings. The molecule has 0 bridgehead atoms. The lowest BCUT2D eigenvalue weighted by Gasteiger charge is -2.30. The Morgan fingerprint density at radius 1 is 1.42 bits per heavy atom. The molecule has 0 saturated heterocycles. The number of carbonyl (C=O) groups is 1. The minimum absolute atomic E-state index is 0.112. The topological polar surface area (TPSA) is 113 Å². The van der Waals surface area contributed by atoms with Gasteiger partial charge in [-0.3, -0.25) is 0 Å². The van der Waals surface area contributed by atoms with E-state index < -0.39 is 6.09 Å². The first-order chi connectivity index (χ1) is 17.1. The number of rotatable bonds is 8. The first-order valence-electron chi connectivity index (χ1n) is 13.1. The zero-order valence-corrected chi connectivity index (χ0v) is 21.9. The molecule has 194 valence electrons. The van der Waals surface area contributed by atoms with E-state index in [0.717, 1.165) is 56.3 Å². The van der Waals surface area contributed by atoms with Gasteiger partial charge < -0.3 is 20.3 Å². The number of fused-ring (bicyclic) bond motifs is 1. The number of hydrogen-bond donors (Lipinski definition) is 2. The summed E-state index contributed by atoms with van der Waals surface area (Å²) < 4.78 is 5.59. The van der Waals surface area contributed by atoms with Gasteiger partial charge in [-0.25, -0.2) is 4.79 Å². The highest BCUT2D eigenvalue weighted by molar-refractivity contribution is 5.65. The Morgan fingerprint density at radius 3 is 2.92 bits per heavy atom. The molecule has 2 heterocycles. The highest BCUT2D eigenvalue weighted by Gasteiger charge is 2.38. The third kappa shape index (κ3) is 6.10. The van der Waals surface area contributed by atoms with Gasteiger partial charge in [-0.2, -0.15) is 14.7 Å². The van der Waals surface area contributed by atoms with Gasteiger partial charge >= 0.3 is 12.3 Å². The Balaban J connectivity index is 1.41. The molecular formula is C27H39N6O3+. The number of hydrogen-bond acceptors (Lipinski definition) is 6. The van der Waals surface area contributed by atoms with Crippen molar-refractivity contribution >= 4 is 6.09 Å². The lowest BCUT2D eigenvalue weighted by atomic mass is 9.85. The van der Waals surface area contributed by atoms with Crippen LogP contribution in [0.3, 0.4) is 0 Å². The molecule has 1 aliphatic heterocycles. The van der Waals surface area contributed by atoms with Crippen molar-refractivity contribution in [1.82, 2.24) is 19.9 Å². The summed E-state index contributed by atoms with van der Waals surface area (Å²) in [6, 6.07) is 0.112. The fraction of sp³-hybridized carbons (Fsp3) is 0.630. The van der Waals surface area contributed by atoms with Crippen molar-refractivity contribution in [3.05, 3.63) is 51.9 Å². The van der Waals surface area contributed by atoms with Crippen LogP contribution in [-0.4, -0.2) is 50.3 Å². The number of aromatic nitrogens is 2. The Bertz CT molecular complexity index is 1120. The van der Waals surface area contributed by atoms with Crippen LogP contribution in [0.5, 0.6) is 0 Å². The number of amides is 1. The first kappa shape index (κ1) is 25.8. The zero-order valence-electron chi connectivity index (χ0n) is 21.9. The van der Waals surface area contributed by atoms with Gasteiger partial charge in [0.05, 0.1) is 5.92 Å². The van der Waals surface area contributed by atoms with Crippen molar-refractivity contribution in [2.75, 3.05) is 13.1 Å². The second kappa shape index (κ2) is 10.8. The van der Waals surface area contributed by atoms with E-state index in [1.165, 1.54) is 5.57 Å². The van der Waals surface area contributed by atoms with Crippen LogP contribution in [0.4, 0.5) is 4.79 Å². The molecule has 3 aliphatic rings. The molecule has 36 heavy (non-hydrogen) atoms. The third-order valence-corrected chi connectivity index (χ3v) is 7.14. The lowest BCUT2D eigenvalue weighted by molar-refractivity contribution is 0.126. The predicted octanol–water partition coefficient (Wildman–Crippen LogP) is 5.41. The standard InChI is InChI=1S/C27H38N6O3/c1-5-7-20(24-30-25(31-36-24)27(2,3)4)16-32(26(34)35)14-18-8-6-9-19(12-18)15-33-17-29-22-11-10-21(28)13-23(22)33/h10-11,15,18,20,23H,5-9,12-14,16,28H2,1-4H3/p+1/b19-15+. The van der Waals surface area contributed by atoms with E-state index in [-0.39, 0.29) is 23.3 Å². The Kier molecular flexibility index (Phi) is 7.72. The largest absolute Gasteiger partial charge is 0.465 e. The van der Waals surface area contributed by atoms with Crippen molar-refractivity contribution in [3.8, 4) is 6.19 Å². The second-order valence-corrected chi connectivity index (χ2v) is 11.3. The molecule has 3 unspecified atom stereocenters. The zero-order chi connectivity index (χ0) is 25.9. The molecule has 9 nitrogen and oxygen atoms in total. The van der Waals surface area contributed by atoms with Crippen molar-refractivity contribution in [2.24, 2.45) is 11.7 Å². The maximum Gasteiger partial charge on any atom is 0.407 e. The van der Waals surface area contributed by atoms with E-state index in [0.29, 0.717) is 24.8 Å². The summed E-state index contributed by atoms with van der Waals surface area (Å²) in [6.07, 6.45) is 14.6. The van der Waals surface area contributed by atoms with E-state index in [1.54, 1.807) is 4.90 Å². The molecule has 1 amide bonds. The van der Waals surface area contributed by atoms with Gasteiger partial charge in [0.1, 0.15) is 6.20 Å². The van der Waals surface area contributed by atoms with Crippen molar-refractivity contribution in [3.63, 3.8) is 0 Å². The molecule has 0 radical (unpaired) electrons. The predicted molar refractivity (Wildman–Crippen MR) is 138 cm³/mol. The SMILES string of the molecule is CCCC(CN(CC1CCC/C(=C\N2C#[N+]C3=CC=C(N)CC32)C1)C(=O)O)c1nc(C(C)(C)C)no1. The van der Waals surface area contributed by atoms with Crippen molar-refractivity contribution in [1.29, 1.82) is 0 Å². The monoisotopic (exact) mass is 495 g/mol. The summed E-state index contributed by atoms with van der Waals surface area (Å²) >= 11 is 0. The highest BCUT2D eigenvalue weighted by Crippen LogP contribution is 2.33. The average Bonchev–Trinajstić information content (AvgIpc) is 3.46. The normalized spacial score (nSPS) is 23.4. The maximum atomic E-state index is 12.2. The van der Waals surface area contributed by atoms with Gasteiger partial charge in [-0.05, 0) is 49.7 Å². The first-order valence-corrected chi connectivity index (χ1v) is 13.1. The van der Waals surface area contributed by atoms with E-state index in [9.17, 15) is 9.90 Å².